The van der Waals surface area contributed by atoms with E-state index in [9.17, 15) is 23.6 Å². The molecule has 3 aromatic rings. The van der Waals surface area contributed by atoms with Gasteiger partial charge >= 0.3 is 0 Å². The van der Waals surface area contributed by atoms with Crippen molar-refractivity contribution in [3.05, 3.63) is 101 Å². The fraction of sp³-hybridized carbons (Fsp3) is 0.421. The van der Waals surface area contributed by atoms with Crippen molar-refractivity contribution in [2.75, 3.05) is 25.0 Å². The molecule has 0 saturated carbocycles. The van der Waals surface area contributed by atoms with Crippen LogP contribution in [0.5, 0.6) is 0 Å². The number of amides is 3. The highest BCUT2D eigenvalue weighted by molar-refractivity contribution is 6.00. The summed E-state index contributed by atoms with van der Waals surface area (Å²) in [6.07, 6.45) is 3.92. The Morgan fingerprint density at radius 2 is 1.55 bits per heavy atom. The predicted octanol–water partition coefficient (Wildman–Crippen LogP) is 5.04. The van der Waals surface area contributed by atoms with E-state index in [1.165, 1.54) is 11.1 Å². The van der Waals surface area contributed by atoms with Crippen LogP contribution in [0, 0.1) is 0 Å². The molecule has 246 valence electrons. The van der Waals surface area contributed by atoms with Crippen molar-refractivity contribution in [3.8, 4) is 0 Å². The van der Waals surface area contributed by atoms with E-state index in [2.05, 4.69) is 21.6 Å². The van der Waals surface area contributed by atoms with E-state index in [0.29, 0.717) is 56.6 Å². The maximum absolute atomic E-state index is 14.1. The first-order valence-electron chi connectivity index (χ1n) is 16.9. The fourth-order valence-electron chi connectivity index (χ4n) is 7.00. The number of aryl methyl sites for hydroxylation is 2. The minimum atomic E-state index is -0.854. The number of benzene rings is 3. The van der Waals surface area contributed by atoms with Gasteiger partial charge in [0.25, 0.3) is 0 Å². The molecule has 3 aromatic carbocycles. The molecule has 1 saturated heterocycles. The number of hydrogen-bond donors (Lipinski definition) is 2. The van der Waals surface area contributed by atoms with Crippen LogP contribution >= 0.6 is 0 Å². The molecule has 2 heterocycles. The van der Waals surface area contributed by atoms with Crippen LogP contribution in [0.3, 0.4) is 0 Å². The molecule has 47 heavy (non-hydrogen) atoms. The Hall–Kier alpha value is -4.37. The summed E-state index contributed by atoms with van der Waals surface area (Å²) in [4.78, 5) is 58.0. The molecule has 3 aliphatic rings. The molecule has 2 N–H and O–H groups in total. The number of likely N-dealkylation sites (tertiary alicyclic amines) is 1. The number of Topliss-reactive ketones (excluding diaryl/α,β-unsaturated/α-hetero) is 1. The Morgan fingerprint density at radius 1 is 0.830 bits per heavy atom. The molecule has 0 aromatic heterocycles. The topological polar surface area (TPSA) is 98.8 Å². The summed E-state index contributed by atoms with van der Waals surface area (Å²) >= 11 is 0. The first kappa shape index (κ1) is 32.6. The van der Waals surface area contributed by atoms with Crippen LogP contribution in [-0.2, 0) is 40.2 Å². The number of nitrogens with one attached hydrogen (secondary N) is 2. The van der Waals surface area contributed by atoms with Gasteiger partial charge in [-0.15, -0.1) is 0 Å². The third-order valence-corrected chi connectivity index (χ3v) is 9.78. The van der Waals surface area contributed by atoms with Crippen molar-refractivity contribution in [3.63, 3.8) is 0 Å². The molecule has 0 spiro atoms. The van der Waals surface area contributed by atoms with Crippen molar-refractivity contribution in [2.45, 2.75) is 82.6 Å². The monoisotopic (exact) mass is 638 g/mol. The normalized spacial score (nSPS) is 18.6. The lowest BCUT2D eigenvalue weighted by atomic mass is 9.92. The number of carbonyl (C=O) groups excluding carboxylic acids is 4. The second kappa shape index (κ2) is 15.0. The molecule has 1 fully saturated rings. The summed E-state index contributed by atoms with van der Waals surface area (Å²) in [5, 5.41) is 6.02. The Labute approximate surface area is 275 Å². The van der Waals surface area contributed by atoms with Gasteiger partial charge in [0, 0.05) is 56.7 Å². The van der Waals surface area contributed by atoms with Gasteiger partial charge < -0.3 is 20.4 Å². The average Bonchev–Trinajstić information content (AvgIpc) is 3.57. The van der Waals surface area contributed by atoms with Crippen LogP contribution in [0.15, 0.2) is 72.8 Å². The van der Waals surface area contributed by atoms with Crippen LogP contribution in [-0.4, -0.2) is 71.2 Å². The standard InChI is InChI=1S/C38H43FN4O4/c39-31-17-20-42(21-18-31)22-19-33(37(46)40-32-14-13-26-11-6-12-28(26)23-32)41-38(47)34-24-29-9-4-5-10-30(29)25-43(34)36(45)16-15-35(44)27-7-2-1-3-8-27/h1-5,7-10,13-14,23,31,33-34H,6,11-12,15-22,24-25H2,(H,40,46)(H,41,47). The number of nitrogens with zero attached hydrogens (tertiary/aromatic N) is 2. The second-order valence-electron chi connectivity index (χ2n) is 13.0. The van der Waals surface area contributed by atoms with Gasteiger partial charge in [-0.05, 0) is 72.9 Å². The van der Waals surface area contributed by atoms with Gasteiger partial charge in [-0.25, -0.2) is 4.39 Å². The van der Waals surface area contributed by atoms with Gasteiger partial charge in [0.15, 0.2) is 5.78 Å². The van der Waals surface area contributed by atoms with Crippen molar-refractivity contribution in [1.82, 2.24) is 15.1 Å². The van der Waals surface area contributed by atoms with Crippen LogP contribution in [0.4, 0.5) is 10.1 Å². The van der Waals surface area contributed by atoms with E-state index < -0.39 is 24.2 Å². The lowest BCUT2D eigenvalue weighted by Crippen LogP contribution is -2.56. The van der Waals surface area contributed by atoms with Crippen molar-refractivity contribution >= 4 is 29.2 Å². The highest BCUT2D eigenvalue weighted by Gasteiger charge is 2.36. The predicted molar refractivity (Wildman–Crippen MR) is 179 cm³/mol. The Kier molecular flexibility index (Phi) is 10.4. The summed E-state index contributed by atoms with van der Waals surface area (Å²) in [6.45, 7) is 2.00. The van der Waals surface area contributed by atoms with Gasteiger partial charge in [0.1, 0.15) is 18.3 Å². The quantitative estimate of drug-likeness (QED) is 0.287. The third kappa shape index (κ3) is 8.14. The van der Waals surface area contributed by atoms with E-state index in [0.717, 1.165) is 30.4 Å². The van der Waals surface area contributed by atoms with Crippen molar-refractivity contribution < 1.29 is 23.6 Å². The molecule has 2 aliphatic heterocycles. The number of rotatable bonds is 11. The minimum Gasteiger partial charge on any atom is -0.342 e. The van der Waals surface area contributed by atoms with Crippen LogP contribution in [0.1, 0.15) is 71.1 Å². The van der Waals surface area contributed by atoms with Crippen LogP contribution in [0.25, 0.3) is 0 Å². The van der Waals surface area contributed by atoms with Crippen LogP contribution in [0.2, 0.25) is 0 Å². The van der Waals surface area contributed by atoms with Gasteiger partial charge in [-0.3, -0.25) is 19.2 Å². The van der Waals surface area contributed by atoms with Gasteiger partial charge in [-0.1, -0.05) is 60.7 Å². The maximum Gasteiger partial charge on any atom is 0.246 e. The second-order valence-corrected chi connectivity index (χ2v) is 13.0. The lowest BCUT2D eigenvalue weighted by molar-refractivity contribution is -0.142. The molecular weight excluding hydrogens is 595 g/mol. The Bertz CT molecular complexity index is 1600. The molecule has 2 unspecified atom stereocenters. The number of carbonyl (C=O) groups is 4. The minimum absolute atomic E-state index is 0.0214. The summed E-state index contributed by atoms with van der Waals surface area (Å²) in [6, 6.07) is 20.9. The molecule has 0 radical (unpaired) electrons. The van der Waals surface area contributed by atoms with Crippen LogP contribution < -0.4 is 10.6 Å². The average molecular weight is 639 g/mol. The summed E-state index contributed by atoms with van der Waals surface area (Å²) < 4.78 is 13.8. The highest BCUT2D eigenvalue weighted by atomic mass is 19.1. The number of alkyl halides is 1. The Morgan fingerprint density at radius 3 is 2.34 bits per heavy atom. The van der Waals surface area contributed by atoms with Gasteiger partial charge in [0.2, 0.25) is 17.7 Å². The molecule has 0 bridgehead atoms. The number of ketones is 1. The van der Waals surface area contributed by atoms with E-state index in [1.807, 2.05) is 42.5 Å². The Balaban J connectivity index is 1.18. The summed E-state index contributed by atoms with van der Waals surface area (Å²) in [7, 11) is 0. The molecule has 9 heteroatoms. The smallest absolute Gasteiger partial charge is 0.246 e. The van der Waals surface area contributed by atoms with E-state index >= 15 is 0 Å². The first-order chi connectivity index (χ1) is 22.8. The van der Waals surface area contributed by atoms with E-state index in [-0.39, 0.29) is 37.0 Å². The molecule has 8 nitrogen and oxygen atoms in total. The number of hydrogen-bond acceptors (Lipinski definition) is 5. The zero-order valence-electron chi connectivity index (χ0n) is 26.8. The number of fused-ring (bicyclic) bond motifs is 2. The highest BCUT2D eigenvalue weighted by Crippen LogP contribution is 2.27. The number of anilines is 1. The summed E-state index contributed by atoms with van der Waals surface area (Å²) in [5.74, 6) is -1.13. The van der Waals surface area contributed by atoms with Crippen molar-refractivity contribution in [1.29, 1.82) is 0 Å². The number of halogens is 1. The fourth-order valence-corrected chi connectivity index (χ4v) is 7.00. The van der Waals surface area contributed by atoms with Gasteiger partial charge in [-0.2, -0.15) is 0 Å². The molecular formula is C38H43FN4O4. The van der Waals surface area contributed by atoms with Gasteiger partial charge in [0.05, 0.1) is 0 Å². The largest absolute Gasteiger partial charge is 0.342 e. The summed E-state index contributed by atoms with van der Waals surface area (Å²) in [5.41, 5.74) is 5.72. The molecule has 3 amide bonds. The third-order valence-electron chi connectivity index (χ3n) is 9.78. The molecule has 2 atom stereocenters. The zero-order chi connectivity index (χ0) is 32.8. The first-order valence-corrected chi connectivity index (χ1v) is 16.9. The molecule has 1 aliphatic carbocycles. The van der Waals surface area contributed by atoms with Crippen molar-refractivity contribution in [2.24, 2.45) is 0 Å². The van der Waals surface area contributed by atoms with E-state index in [1.54, 1.807) is 29.2 Å². The number of piperidine rings is 1. The lowest BCUT2D eigenvalue weighted by Gasteiger charge is -2.37. The SMILES string of the molecule is O=C(CCC(=O)N1Cc2ccccc2CC1C(=O)NC(CCN1CCC(F)CC1)C(=O)Nc1ccc2c(c1)CCC2)c1ccccc1. The zero-order valence-corrected chi connectivity index (χ0v) is 26.8. The maximum atomic E-state index is 14.1. The van der Waals surface area contributed by atoms with E-state index in [4.69, 9.17) is 0 Å². The molecule has 6 rings (SSSR count).